The van der Waals surface area contributed by atoms with Crippen LogP contribution in [-0.2, 0) is 11.2 Å². The Morgan fingerprint density at radius 2 is 2.06 bits per heavy atom. The summed E-state index contributed by atoms with van der Waals surface area (Å²) in [6, 6.07) is 12.0. The van der Waals surface area contributed by atoms with Crippen molar-refractivity contribution in [3.8, 4) is 6.07 Å². The van der Waals surface area contributed by atoms with Crippen molar-refractivity contribution >= 4 is 5.91 Å². The van der Waals surface area contributed by atoms with Crippen LogP contribution in [0.5, 0.6) is 0 Å². The summed E-state index contributed by atoms with van der Waals surface area (Å²) in [5, 5.41) is 8.65. The van der Waals surface area contributed by atoms with Crippen molar-refractivity contribution in [2.45, 2.75) is 26.2 Å². The van der Waals surface area contributed by atoms with E-state index in [4.69, 9.17) is 5.26 Å². The second-order valence-corrected chi connectivity index (χ2v) is 3.96. The largest absolute Gasteiger partial charge is 0.329 e. The van der Waals surface area contributed by atoms with E-state index in [1.54, 1.807) is 4.90 Å². The number of hydrogen-bond acceptors (Lipinski definition) is 2. The summed E-state index contributed by atoms with van der Waals surface area (Å²) < 4.78 is 0. The van der Waals surface area contributed by atoms with Crippen molar-refractivity contribution in [2.24, 2.45) is 0 Å². The monoisotopic (exact) mass is 230 g/mol. The van der Waals surface area contributed by atoms with E-state index in [2.05, 4.69) is 0 Å². The van der Waals surface area contributed by atoms with Crippen LogP contribution in [0.15, 0.2) is 30.3 Å². The standard InChI is InChI=1S/C14H18N2O/c1-2-11-16(12-10-15)14(17)9-8-13-6-4-3-5-7-13/h3-7H,2,8-9,11-12H2,1H3. The van der Waals surface area contributed by atoms with Crippen molar-refractivity contribution in [3.63, 3.8) is 0 Å². The first-order valence-electron chi connectivity index (χ1n) is 5.96. The summed E-state index contributed by atoms with van der Waals surface area (Å²) in [5.41, 5.74) is 1.16. The second-order valence-electron chi connectivity index (χ2n) is 3.96. The Bertz CT molecular complexity index is 381. The molecule has 0 spiro atoms. The molecule has 0 unspecified atom stereocenters. The molecule has 1 rings (SSSR count). The van der Waals surface area contributed by atoms with Crippen LogP contribution in [0, 0.1) is 11.3 Å². The molecule has 90 valence electrons. The Balaban J connectivity index is 2.45. The Morgan fingerprint density at radius 3 is 2.65 bits per heavy atom. The molecule has 3 heteroatoms. The number of amides is 1. The zero-order valence-electron chi connectivity index (χ0n) is 10.2. The smallest absolute Gasteiger partial charge is 0.223 e. The molecule has 0 heterocycles. The van der Waals surface area contributed by atoms with Crippen LogP contribution in [0.3, 0.4) is 0 Å². The van der Waals surface area contributed by atoms with Crippen molar-refractivity contribution in [1.29, 1.82) is 5.26 Å². The molecule has 0 aliphatic rings. The molecule has 0 bridgehead atoms. The molecular weight excluding hydrogens is 212 g/mol. The van der Waals surface area contributed by atoms with Gasteiger partial charge in [-0.25, -0.2) is 0 Å². The fourth-order valence-corrected chi connectivity index (χ4v) is 1.70. The Morgan fingerprint density at radius 1 is 1.35 bits per heavy atom. The molecule has 1 aromatic carbocycles. The lowest BCUT2D eigenvalue weighted by molar-refractivity contribution is -0.130. The van der Waals surface area contributed by atoms with E-state index in [1.807, 2.05) is 43.3 Å². The fourth-order valence-electron chi connectivity index (χ4n) is 1.70. The third-order valence-electron chi connectivity index (χ3n) is 2.58. The Hall–Kier alpha value is -1.82. The van der Waals surface area contributed by atoms with Gasteiger partial charge in [-0.05, 0) is 18.4 Å². The maximum Gasteiger partial charge on any atom is 0.223 e. The second kappa shape index (κ2) is 7.45. The van der Waals surface area contributed by atoms with Gasteiger partial charge in [-0.2, -0.15) is 5.26 Å². The SMILES string of the molecule is CCCN(CC#N)C(=O)CCc1ccccc1. The molecule has 0 radical (unpaired) electrons. The number of carbonyl (C=O) groups excluding carboxylic acids is 1. The van der Waals surface area contributed by atoms with Gasteiger partial charge in [0.05, 0.1) is 6.07 Å². The van der Waals surface area contributed by atoms with E-state index < -0.39 is 0 Å². The maximum absolute atomic E-state index is 11.9. The number of aryl methyl sites for hydroxylation is 1. The van der Waals surface area contributed by atoms with Gasteiger partial charge in [-0.3, -0.25) is 4.79 Å². The summed E-state index contributed by atoms with van der Waals surface area (Å²) in [6.07, 6.45) is 2.11. The lowest BCUT2D eigenvalue weighted by atomic mass is 10.1. The molecule has 17 heavy (non-hydrogen) atoms. The van der Waals surface area contributed by atoms with Crippen molar-refractivity contribution in [3.05, 3.63) is 35.9 Å². The van der Waals surface area contributed by atoms with Gasteiger partial charge >= 0.3 is 0 Å². The van der Waals surface area contributed by atoms with Gasteiger partial charge in [0, 0.05) is 13.0 Å². The van der Waals surface area contributed by atoms with E-state index in [-0.39, 0.29) is 12.5 Å². The molecule has 3 nitrogen and oxygen atoms in total. The van der Waals surface area contributed by atoms with E-state index in [9.17, 15) is 4.79 Å². The van der Waals surface area contributed by atoms with Crippen LogP contribution < -0.4 is 0 Å². The third-order valence-corrected chi connectivity index (χ3v) is 2.58. The Labute approximate surface area is 103 Å². The quantitative estimate of drug-likeness (QED) is 0.704. The van der Waals surface area contributed by atoms with Gasteiger partial charge < -0.3 is 4.90 Å². The highest BCUT2D eigenvalue weighted by Crippen LogP contribution is 2.05. The molecule has 0 N–H and O–H groups in total. The number of carbonyl (C=O) groups is 1. The summed E-state index contributed by atoms with van der Waals surface area (Å²) in [5.74, 6) is 0.0669. The van der Waals surface area contributed by atoms with Gasteiger partial charge in [0.1, 0.15) is 6.54 Å². The fraction of sp³-hybridized carbons (Fsp3) is 0.429. The third kappa shape index (κ3) is 4.69. The lowest BCUT2D eigenvalue weighted by Gasteiger charge is -2.18. The molecule has 0 aliphatic heterocycles. The predicted molar refractivity (Wildman–Crippen MR) is 67.2 cm³/mol. The van der Waals surface area contributed by atoms with Crippen LogP contribution in [0.1, 0.15) is 25.3 Å². The molecule has 1 amide bonds. The van der Waals surface area contributed by atoms with E-state index in [0.29, 0.717) is 13.0 Å². The van der Waals surface area contributed by atoms with Gasteiger partial charge in [-0.15, -0.1) is 0 Å². The molecule has 0 fully saturated rings. The summed E-state index contributed by atoms with van der Waals surface area (Å²) >= 11 is 0. The number of nitriles is 1. The van der Waals surface area contributed by atoms with Crippen molar-refractivity contribution < 1.29 is 4.79 Å². The van der Waals surface area contributed by atoms with Crippen molar-refractivity contribution in [2.75, 3.05) is 13.1 Å². The molecule has 0 atom stereocenters. The van der Waals surface area contributed by atoms with Crippen LogP contribution in [0.4, 0.5) is 0 Å². The van der Waals surface area contributed by atoms with E-state index >= 15 is 0 Å². The number of hydrogen-bond donors (Lipinski definition) is 0. The maximum atomic E-state index is 11.9. The summed E-state index contributed by atoms with van der Waals surface area (Å²) in [6.45, 7) is 2.87. The molecule has 0 aliphatic carbocycles. The first-order chi connectivity index (χ1) is 8.27. The van der Waals surface area contributed by atoms with Gasteiger partial charge in [0.15, 0.2) is 0 Å². The first kappa shape index (κ1) is 13.2. The highest BCUT2D eigenvalue weighted by Gasteiger charge is 2.11. The van der Waals surface area contributed by atoms with Crippen LogP contribution in [0.2, 0.25) is 0 Å². The molecular formula is C14H18N2O. The minimum Gasteiger partial charge on any atom is -0.329 e. The van der Waals surface area contributed by atoms with Crippen LogP contribution in [-0.4, -0.2) is 23.9 Å². The topological polar surface area (TPSA) is 44.1 Å². The average molecular weight is 230 g/mol. The van der Waals surface area contributed by atoms with Gasteiger partial charge in [0.2, 0.25) is 5.91 Å². The zero-order chi connectivity index (χ0) is 12.5. The summed E-state index contributed by atoms with van der Waals surface area (Å²) in [7, 11) is 0. The normalized spacial score (nSPS) is 9.65. The number of benzene rings is 1. The molecule has 1 aromatic rings. The minimum atomic E-state index is 0.0669. The zero-order valence-corrected chi connectivity index (χ0v) is 10.2. The Kier molecular flexibility index (Phi) is 5.81. The molecule has 0 saturated heterocycles. The minimum absolute atomic E-state index is 0.0669. The average Bonchev–Trinajstić information content (AvgIpc) is 2.37. The first-order valence-corrected chi connectivity index (χ1v) is 5.96. The predicted octanol–water partition coefficient (Wildman–Crippen LogP) is 2.38. The highest BCUT2D eigenvalue weighted by atomic mass is 16.2. The van der Waals surface area contributed by atoms with Gasteiger partial charge in [-0.1, -0.05) is 37.3 Å². The summed E-state index contributed by atoms with van der Waals surface area (Å²) in [4.78, 5) is 13.5. The van der Waals surface area contributed by atoms with E-state index in [0.717, 1.165) is 18.4 Å². The lowest BCUT2D eigenvalue weighted by Crippen LogP contribution is -2.32. The molecule has 0 saturated carbocycles. The number of nitrogens with zero attached hydrogens (tertiary/aromatic N) is 2. The molecule has 0 aromatic heterocycles. The van der Waals surface area contributed by atoms with Gasteiger partial charge in [0.25, 0.3) is 0 Å². The van der Waals surface area contributed by atoms with Crippen LogP contribution in [0.25, 0.3) is 0 Å². The van der Waals surface area contributed by atoms with Crippen LogP contribution >= 0.6 is 0 Å². The van der Waals surface area contributed by atoms with E-state index in [1.165, 1.54) is 0 Å². The van der Waals surface area contributed by atoms with Crippen molar-refractivity contribution in [1.82, 2.24) is 4.90 Å². The highest BCUT2D eigenvalue weighted by molar-refractivity contribution is 5.76. The number of rotatable bonds is 6.